The van der Waals surface area contributed by atoms with Crippen LogP contribution in [0.15, 0.2) is 48.2 Å². The van der Waals surface area contributed by atoms with Crippen LogP contribution in [0.4, 0.5) is 10.1 Å². The molecule has 0 bridgehead atoms. The molecule has 3 aliphatic heterocycles. The fourth-order valence-electron chi connectivity index (χ4n) is 5.02. The fourth-order valence-corrected chi connectivity index (χ4v) is 5.20. The molecule has 0 saturated carbocycles. The number of rotatable bonds is 4. The third-order valence-electron chi connectivity index (χ3n) is 6.93. The highest BCUT2D eigenvalue weighted by atomic mass is 35.5. The molecule has 174 valence electrons. The molecule has 3 aliphatic rings. The summed E-state index contributed by atoms with van der Waals surface area (Å²) in [5, 5.41) is 5.93. The number of benzene rings is 2. The minimum absolute atomic E-state index is 0.0746. The predicted molar refractivity (Wildman–Crippen MR) is 134 cm³/mol. The Morgan fingerprint density at radius 3 is 2.73 bits per heavy atom. The molecule has 0 fully saturated rings. The molecule has 0 saturated heterocycles. The summed E-state index contributed by atoms with van der Waals surface area (Å²) in [5.74, 6) is -0.401. The van der Waals surface area contributed by atoms with E-state index in [1.165, 1.54) is 34.0 Å². The van der Waals surface area contributed by atoms with Crippen LogP contribution in [0.3, 0.4) is 0 Å². The highest BCUT2D eigenvalue weighted by Gasteiger charge is 2.31. The molecule has 7 heteroatoms. The molecule has 33 heavy (non-hydrogen) atoms. The van der Waals surface area contributed by atoms with Gasteiger partial charge in [0.15, 0.2) is 0 Å². The van der Waals surface area contributed by atoms with E-state index in [9.17, 15) is 4.39 Å². The molecule has 3 N–H and O–H groups in total. The minimum atomic E-state index is -0.401. The van der Waals surface area contributed by atoms with Gasteiger partial charge in [-0.2, -0.15) is 0 Å². The van der Waals surface area contributed by atoms with Crippen molar-refractivity contribution in [3.05, 3.63) is 75.7 Å². The van der Waals surface area contributed by atoms with Gasteiger partial charge in [-0.1, -0.05) is 29.8 Å². The van der Waals surface area contributed by atoms with Gasteiger partial charge in [-0.25, -0.2) is 4.39 Å². The van der Waals surface area contributed by atoms with Gasteiger partial charge in [0.05, 0.1) is 22.5 Å². The summed E-state index contributed by atoms with van der Waals surface area (Å²) >= 11 is 6.06. The van der Waals surface area contributed by atoms with Gasteiger partial charge in [0, 0.05) is 36.9 Å². The van der Waals surface area contributed by atoms with Crippen LogP contribution < -0.4 is 16.3 Å². The highest BCUT2D eigenvalue weighted by molar-refractivity contribution is 6.31. The molecule has 5 nitrogen and oxygen atoms in total. The van der Waals surface area contributed by atoms with E-state index in [1.807, 2.05) is 0 Å². The maximum atomic E-state index is 13.7. The summed E-state index contributed by atoms with van der Waals surface area (Å²) < 4.78 is 13.7. The van der Waals surface area contributed by atoms with Crippen molar-refractivity contribution in [1.82, 2.24) is 20.9 Å². The summed E-state index contributed by atoms with van der Waals surface area (Å²) in [6, 6.07) is 12.3. The minimum Gasteiger partial charge on any atom is -0.378 e. The quantitative estimate of drug-likeness (QED) is 0.550. The summed E-state index contributed by atoms with van der Waals surface area (Å²) in [4.78, 5) is 2.50. The Labute approximate surface area is 200 Å². The smallest absolute Gasteiger partial charge is 0.141 e. The highest BCUT2D eigenvalue weighted by Crippen LogP contribution is 2.39. The zero-order valence-corrected chi connectivity index (χ0v) is 20.1. The third-order valence-corrected chi connectivity index (χ3v) is 7.22. The van der Waals surface area contributed by atoms with E-state index in [2.05, 4.69) is 71.2 Å². The summed E-state index contributed by atoms with van der Waals surface area (Å²) in [7, 11) is 0. The van der Waals surface area contributed by atoms with E-state index in [0.717, 1.165) is 43.9 Å². The first kappa shape index (κ1) is 22.3. The van der Waals surface area contributed by atoms with E-state index in [-0.39, 0.29) is 11.1 Å². The normalized spacial score (nSPS) is 20.8. The second-order valence-electron chi connectivity index (χ2n) is 9.35. The van der Waals surface area contributed by atoms with Crippen LogP contribution in [-0.4, -0.2) is 35.6 Å². The Hall–Kier alpha value is -2.54. The summed E-state index contributed by atoms with van der Waals surface area (Å²) in [6.07, 6.45) is 4.32. The average molecular weight is 468 g/mol. The van der Waals surface area contributed by atoms with Crippen molar-refractivity contribution in [2.24, 2.45) is 0 Å². The first-order valence-corrected chi connectivity index (χ1v) is 12.1. The number of anilines is 1. The van der Waals surface area contributed by atoms with E-state index >= 15 is 0 Å². The van der Waals surface area contributed by atoms with E-state index in [4.69, 9.17) is 11.6 Å². The van der Waals surface area contributed by atoms with E-state index in [0.29, 0.717) is 6.04 Å². The first-order chi connectivity index (χ1) is 15.9. The van der Waals surface area contributed by atoms with Gasteiger partial charge < -0.3 is 10.7 Å². The molecule has 2 aromatic rings. The molecule has 5 rings (SSSR count). The Morgan fingerprint density at radius 1 is 1.15 bits per heavy atom. The van der Waals surface area contributed by atoms with Crippen LogP contribution in [0.5, 0.6) is 0 Å². The molecule has 2 aromatic carbocycles. The largest absolute Gasteiger partial charge is 0.378 e. The standard InChI is InChI=1S/C26H31ClFN5/c1-16(2)32-11-8-18(9-12-32)19-4-6-21-22(14-19)25(10-13-33-26(21)17(3)30-31-33)29-20-5-7-24(28)23(27)15-20/h4-8,14-16,25,29-31H,9-13H2,1-3H3. The zero-order chi connectivity index (χ0) is 23.1. The Bertz CT molecular complexity index is 1130. The number of nitrogens with zero attached hydrogens (tertiary/aromatic N) is 2. The van der Waals surface area contributed by atoms with Gasteiger partial charge in [0.25, 0.3) is 0 Å². The molecular weight excluding hydrogens is 437 g/mol. The van der Waals surface area contributed by atoms with Crippen molar-refractivity contribution in [2.75, 3.05) is 25.0 Å². The number of hydrogen-bond donors (Lipinski definition) is 3. The lowest BCUT2D eigenvalue weighted by Crippen LogP contribution is -2.37. The monoisotopic (exact) mass is 467 g/mol. The third kappa shape index (κ3) is 4.35. The fraction of sp³-hybridized carbons (Fsp3) is 0.385. The number of hydrazine groups is 2. The Kier molecular flexibility index (Phi) is 6.08. The second kappa shape index (κ2) is 9.01. The van der Waals surface area contributed by atoms with Gasteiger partial charge in [-0.05, 0) is 74.6 Å². The second-order valence-corrected chi connectivity index (χ2v) is 9.75. The Morgan fingerprint density at radius 2 is 2.00 bits per heavy atom. The molecule has 3 heterocycles. The molecule has 0 aliphatic carbocycles. The van der Waals surface area contributed by atoms with Gasteiger partial charge in [-0.15, -0.1) is 5.53 Å². The van der Waals surface area contributed by atoms with E-state index < -0.39 is 5.82 Å². The number of nitrogens with one attached hydrogen (secondary N) is 3. The topological polar surface area (TPSA) is 42.6 Å². The lowest BCUT2D eigenvalue weighted by molar-refractivity contribution is 0.245. The summed E-state index contributed by atoms with van der Waals surface area (Å²) in [5.41, 5.74) is 14.8. The number of halogens is 2. The van der Waals surface area contributed by atoms with Gasteiger partial charge in [0.1, 0.15) is 5.82 Å². The zero-order valence-electron chi connectivity index (χ0n) is 19.4. The molecule has 0 amide bonds. The molecule has 0 spiro atoms. The van der Waals surface area contributed by atoms with Crippen molar-refractivity contribution in [1.29, 1.82) is 0 Å². The number of hydrogen-bond acceptors (Lipinski definition) is 5. The number of allylic oxidation sites excluding steroid dienone is 1. The van der Waals surface area contributed by atoms with Crippen LogP contribution in [-0.2, 0) is 0 Å². The lowest BCUT2D eigenvalue weighted by Gasteiger charge is -2.30. The lowest BCUT2D eigenvalue weighted by atomic mass is 9.90. The molecule has 1 unspecified atom stereocenters. The van der Waals surface area contributed by atoms with Crippen LogP contribution in [0.1, 0.15) is 56.3 Å². The molecule has 1 atom stereocenters. The maximum absolute atomic E-state index is 13.7. The maximum Gasteiger partial charge on any atom is 0.141 e. The SMILES string of the molecule is CC1=C2c3ccc(C4=CCN(C(C)C)CC4)cc3C(Nc3ccc(F)c(Cl)c3)CCN2NN1. The average Bonchev–Trinajstić information content (AvgIpc) is 3.10. The predicted octanol–water partition coefficient (Wildman–Crippen LogP) is 5.55. The van der Waals surface area contributed by atoms with E-state index in [1.54, 1.807) is 12.1 Å². The van der Waals surface area contributed by atoms with Crippen LogP contribution >= 0.6 is 11.6 Å². The number of fused-ring (bicyclic) bond motifs is 3. The summed E-state index contributed by atoms with van der Waals surface area (Å²) in [6.45, 7) is 9.52. The van der Waals surface area contributed by atoms with Crippen molar-refractivity contribution >= 4 is 28.6 Å². The van der Waals surface area contributed by atoms with Crippen LogP contribution in [0, 0.1) is 5.82 Å². The van der Waals surface area contributed by atoms with Crippen molar-refractivity contribution < 1.29 is 4.39 Å². The molecular formula is C26H31ClFN5. The van der Waals surface area contributed by atoms with Crippen molar-refractivity contribution in [3.8, 4) is 0 Å². The molecule has 0 aromatic heterocycles. The molecule has 0 radical (unpaired) electrons. The first-order valence-electron chi connectivity index (χ1n) is 11.7. The van der Waals surface area contributed by atoms with Crippen LogP contribution in [0.25, 0.3) is 11.3 Å². The van der Waals surface area contributed by atoms with Gasteiger partial charge >= 0.3 is 0 Å². The Balaban J connectivity index is 1.53. The van der Waals surface area contributed by atoms with Gasteiger partial charge in [0.2, 0.25) is 0 Å². The van der Waals surface area contributed by atoms with Crippen LogP contribution in [0.2, 0.25) is 5.02 Å². The van der Waals surface area contributed by atoms with Gasteiger partial charge in [-0.3, -0.25) is 9.91 Å². The van der Waals surface area contributed by atoms with Crippen molar-refractivity contribution in [3.63, 3.8) is 0 Å². The van der Waals surface area contributed by atoms with Crippen molar-refractivity contribution in [2.45, 2.75) is 45.7 Å².